The second-order valence-corrected chi connectivity index (χ2v) is 6.24. The lowest BCUT2D eigenvalue weighted by Gasteiger charge is -2.14. The van der Waals surface area contributed by atoms with E-state index >= 15 is 0 Å². The van der Waals surface area contributed by atoms with Crippen LogP contribution < -0.4 is 10.6 Å². The molecule has 0 aliphatic heterocycles. The van der Waals surface area contributed by atoms with E-state index in [1.807, 2.05) is 6.92 Å². The molecule has 0 aliphatic rings. The van der Waals surface area contributed by atoms with Crippen LogP contribution in [-0.2, 0) is 4.79 Å². The third-order valence-electron chi connectivity index (χ3n) is 4.18. The van der Waals surface area contributed by atoms with Crippen molar-refractivity contribution in [3.63, 3.8) is 0 Å². The lowest BCUT2D eigenvalue weighted by molar-refractivity contribution is -0.384. The van der Waals surface area contributed by atoms with Crippen LogP contribution >= 0.6 is 0 Å². The largest absolute Gasteiger partial charge is 0.351 e. The van der Waals surface area contributed by atoms with Crippen LogP contribution in [0.2, 0.25) is 0 Å². The fourth-order valence-electron chi connectivity index (χ4n) is 2.56. The van der Waals surface area contributed by atoms with Gasteiger partial charge in [-0.1, -0.05) is 43.7 Å². The van der Waals surface area contributed by atoms with Gasteiger partial charge < -0.3 is 10.6 Å². The van der Waals surface area contributed by atoms with Crippen LogP contribution in [0.25, 0.3) is 5.57 Å². The van der Waals surface area contributed by atoms with Gasteiger partial charge in [-0.15, -0.1) is 0 Å². The molecule has 0 atom stereocenters. The van der Waals surface area contributed by atoms with Crippen LogP contribution in [0.4, 0.5) is 5.69 Å². The summed E-state index contributed by atoms with van der Waals surface area (Å²) in [6.45, 7) is 4.13. The van der Waals surface area contributed by atoms with Gasteiger partial charge >= 0.3 is 0 Å². The molecule has 0 unspecified atom stereocenters. The van der Waals surface area contributed by atoms with Gasteiger partial charge in [0.2, 0.25) is 0 Å². The topological polar surface area (TPSA) is 101 Å². The zero-order valence-corrected chi connectivity index (χ0v) is 15.9. The van der Waals surface area contributed by atoms with Crippen LogP contribution in [-0.4, -0.2) is 23.3 Å². The first-order chi connectivity index (χ1) is 13.4. The first-order valence-corrected chi connectivity index (χ1v) is 9.04. The summed E-state index contributed by atoms with van der Waals surface area (Å²) in [5.74, 6) is -0.854. The minimum absolute atomic E-state index is 0.0745. The average molecular weight is 381 g/mol. The summed E-state index contributed by atoms with van der Waals surface area (Å²) in [7, 11) is 0. The van der Waals surface area contributed by atoms with E-state index in [1.165, 1.54) is 12.1 Å². The van der Waals surface area contributed by atoms with E-state index in [4.69, 9.17) is 0 Å². The molecule has 0 fully saturated rings. The number of nitro benzene ring substituents is 1. The third-order valence-corrected chi connectivity index (χ3v) is 4.18. The van der Waals surface area contributed by atoms with Crippen molar-refractivity contribution in [2.45, 2.75) is 26.7 Å². The Morgan fingerprint density at radius 2 is 1.71 bits per heavy atom. The van der Waals surface area contributed by atoms with Crippen LogP contribution in [0.5, 0.6) is 0 Å². The normalized spacial score (nSPS) is 11.4. The molecule has 0 radical (unpaired) electrons. The predicted octanol–water partition coefficient (Wildman–Crippen LogP) is 3.67. The van der Waals surface area contributed by atoms with Crippen molar-refractivity contribution in [3.8, 4) is 0 Å². The highest BCUT2D eigenvalue weighted by molar-refractivity contribution is 6.07. The van der Waals surface area contributed by atoms with Gasteiger partial charge in [-0.2, -0.15) is 0 Å². The molecular formula is C21H23N3O4. The number of non-ortho nitro benzene ring substituents is 1. The van der Waals surface area contributed by atoms with Gasteiger partial charge in [-0.3, -0.25) is 19.7 Å². The Hall–Kier alpha value is -3.48. The number of carbonyl (C=O) groups is 2. The Balaban J connectivity index is 2.39. The summed E-state index contributed by atoms with van der Waals surface area (Å²) in [4.78, 5) is 35.8. The average Bonchev–Trinajstić information content (AvgIpc) is 2.72. The number of hydrogen-bond acceptors (Lipinski definition) is 4. The van der Waals surface area contributed by atoms with Crippen molar-refractivity contribution < 1.29 is 14.5 Å². The van der Waals surface area contributed by atoms with Gasteiger partial charge in [0.05, 0.1) is 4.92 Å². The zero-order chi connectivity index (χ0) is 20.5. The molecule has 2 amide bonds. The molecule has 0 heterocycles. The zero-order valence-electron chi connectivity index (χ0n) is 15.9. The van der Waals surface area contributed by atoms with E-state index in [9.17, 15) is 19.7 Å². The summed E-state index contributed by atoms with van der Waals surface area (Å²) in [6, 6.07) is 14.5. The maximum Gasteiger partial charge on any atom is 0.270 e. The number of amides is 2. The molecule has 7 nitrogen and oxygen atoms in total. The number of nitro groups is 1. The van der Waals surface area contributed by atoms with Gasteiger partial charge in [0.25, 0.3) is 17.5 Å². The van der Waals surface area contributed by atoms with Crippen molar-refractivity contribution in [1.29, 1.82) is 0 Å². The smallest absolute Gasteiger partial charge is 0.270 e. The van der Waals surface area contributed by atoms with Crippen LogP contribution in [0.15, 0.2) is 60.3 Å². The SMILES string of the molecule is CCCCNC(=O)/C(NC(=O)c1ccccc1)=C(/C)c1cccc([N+](=O)[O-])c1. The van der Waals surface area contributed by atoms with E-state index in [0.717, 1.165) is 12.8 Å². The molecule has 0 bridgehead atoms. The lowest BCUT2D eigenvalue weighted by atomic mass is 10.0. The first-order valence-electron chi connectivity index (χ1n) is 9.04. The monoisotopic (exact) mass is 381 g/mol. The maximum absolute atomic E-state index is 12.7. The summed E-state index contributed by atoms with van der Waals surface area (Å²) in [5, 5.41) is 16.5. The highest BCUT2D eigenvalue weighted by Crippen LogP contribution is 2.22. The van der Waals surface area contributed by atoms with Gasteiger partial charge in [0.15, 0.2) is 0 Å². The Kier molecular flexibility index (Phi) is 7.45. The molecule has 0 spiro atoms. The van der Waals surface area contributed by atoms with E-state index in [2.05, 4.69) is 10.6 Å². The standard InChI is InChI=1S/C21H23N3O4/c1-3-4-13-22-21(26)19(23-20(25)16-9-6-5-7-10-16)15(2)17-11-8-12-18(14-17)24(27)28/h5-12,14H,3-4,13H2,1-2H3,(H,22,26)(H,23,25)/b19-15+. The molecule has 7 heteroatoms. The van der Waals surface area contributed by atoms with Crippen molar-refractivity contribution in [1.82, 2.24) is 10.6 Å². The Labute approximate surface area is 163 Å². The molecule has 2 N–H and O–H groups in total. The van der Waals surface area contributed by atoms with Gasteiger partial charge in [-0.25, -0.2) is 0 Å². The third kappa shape index (κ3) is 5.51. The van der Waals surface area contributed by atoms with Crippen molar-refractivity contribution in [2.24, 2.45) is 0 Å². The molecule has 2 aromatic carbocycles. The molecule has 28 heavy (non-hydrogen) atoms. The molecule has 2 aromatic rings. The van der Waals surface area contributed by atoms with Crippen molar-refractivity contribution in [2.75, 3.05) is 6.54 Å². The Morgan fingerprint density at radius 1 is 1.04 bits per heavy atom. The molecular weight excluding hydrogens is 358 g/mol. The van der Waals surface area contributed by atoms with Gasteiger partial charge in [0, 0.05) is 24.2 Å². The molecule has 146 valence electrons. The second kappa shape index (κ2) is 10.0. The van der Waals surface area contributed by atoms with Crippen molar-refractivity contribution in [3.05, 3.63) is 81.5 Å². The molecule has 0 aromatic heterocycles. The first kappa shape index (κ1) is 20.8. The number of unbranched alkanes of at least 4 members (excludes halogenated alkanes) is 1. The summed E-state index contributed by atoms with van der Waals surface area (Å²) < 4.78 is 0. The molecule has 0 saturated carbocycles. The van der Waals surface area contributed by atoms with Crippen LogP contribution in [0, 0.1) is 10.1 Å². The number of nitrogens with one attached hydrogen (secondary N) is 2. The van der Waals surface area contributed by atoms with Crippen LogP contribution in [0.3, 0.4) is 0 Å². The Morgan fingerprint density at radius 3 is 2.36 bits per heavy atom. The van der Waals surface area contributed by atoms with E-state index in [1.54, 1.807) is 49.4 Å². The minimum Gasteiger partial charge on any atom is -0.351 e. The summed E-state index contributed by atoms with van der Waals surface area (Å²) in [6.07, 6.45) is 1.72. The fraction of sp³-hybridized carbons (Fsp3) is 0.238. The van der Waals surface area contributed by atoms with E-state index < -0.39 is 16.7 Å². The number of carbonyl (C=O) groups excluding carboxylic acids is 2. The van der Waals surface area contributed by atoms with E-state index in [-0.39, 0.29) is 11.4 Å². The van der Waals surface area contributed by atoms with Gasteiger partial charge in [0.1, 0.15) is 5.70 Å². The van der Waals surface area contributed by atoms with Crippen LogP contribution in [0.1, 0.15) is 42.6 Å². The quantitative estimate of drug-likeness (QED) is 0.315. The lowest BCUT2D eigenvalue weighted by Crippen LogP contribution is -2.36. The number of allylic oxidation sites excluding steroid dienone is 1. The number of benzene rings is 2. The Bertz CT molecular complexity index is 892. The van der Waals surface area contributed by atoms with E-state index in [0.29, 0.717) is 23.2 Å². The van der Waals surface area contributed by atoms with Crippen molar-refractivity contribution >= 4 is 23.1 Å². The fourth-order valence-corrected chi connectivity index (χ4v) is 2.56. The molecule has 0 aliphatic carbocycles. The summed E-state index contributed by atoms with van der Waals surface area (Å²) in [5.41, 5.74) is 1.33. The second-order valence-electron chi connectivity index (χ2n) is 6.24. The maximum atomic E-state index is 12.7. The summed E-state index contributed by atoms with van der Waals surface area (Å²) >= 11 is 0. The minimum atomic E-state index is -0.500. The highest BCUT2D eigenvalue weighted by atomic mass is 16.6. The highest BCUT2D eigenvalue weighted by Gasteiger charge is 2.19. The number of hydrogen-bond donors (Lipinski definition) is 2. The molecule has 2 rings (SSSR count). The van der Waals surface area contributed by atoms with Gasteiger partial charge in [-0.05, 0) is 36.6 Å². The number of nitrogens with zero attached hydrogens (tertiary/aromatic N) is 1. The predicted molar refractivity (Wildman–Crippen MR) is 108 cm³/mol. The number of rotatable bonds is 8. The molecule has 0 saturated heterocycles.